The first kappa shape index (κ1) is 14.7. The second kappa shape index (κ2) is 7.18. The van der Waals surface area contributed by atoms with E-state index in [1.165, 1.54) is 6.42 Å². The summed E-state index contributed by atoms with van der Waals surface area (Å²) in [6.45, 7) is 1.03. The third-order valence-corrected chi connectivity index (χ3v) is 3.03. The zero-order valence-electron chi connectivity index (χ0n) is 10.0. The van der Waals surface area contributed by atoms with E-state index >= 15 is 0 Å². The van der Waals surface area contributed by atoms with Crippen molar-refractivity contribution in [3.63, 3.8) is 0 Å². The van der Waals surface area contributed by atoms with Crippen molar-refractivity contribution in [2.24, 2.45) is 5.73 Å². The van der Waals surface area contributed by atoms with Crippen LogP contribution in [0.25, 0.3) is 0 Å². The van der Waals surface area contributed by atoms with Crippen molar-refractivity contribution in [3.05, 3.63) is 0 Å². The number of halogens is 3. The van der Waals surface area contributed by atoms with Gasteiger partial charge in [0, 0.05) is 12.6 Å². The number of alkyl halides is 3. The van der Waals surface area contributed by atoms with Gasteiger partial charge in [0.25, 0.3) is 0 Å². The van der Waals surface area contributed by atoms with Gasteiger partial charge in [-0.2, -0.15) is 13.2 Å². The Kier molecular flexibility index (Phi) is 6.22. The molecule has 102 valence electrons. The molecule has 3 nitrogen and oxygen atoms in total. The molecule has 6 heteroatoms. The number of nitrogens with two attached hydrogens (primary N) is 1. The number of rotatable bonds is 8. The Hall–Kier alpha value is -0.330. The van der Waals surface area contributed by atoms with Crippen molar-refractivity contribution in [2.45, 2.75) is 37.9 Å². The Bertz CT molecular complexity index is 207. The summed E-state index contributed by atoms with van der Waals surface area (Å²) >= 11 is 0. The van der Waals surface area contributed by atoms with Crippen molar-refractivity contribution in [1.29, 1.82) is 0 Å². The Morgan fingerprint density at radius 3 is 2.41 bits per heavy atom. The highest BCUT2D eigenvalue weighted by molar-refractivity contribution is 4.79. The first-order valence-corrected chi connectivity index (χ1v) is 6.11. The van der Waals surface area contributed by atoms with Gasteiger partial charge in [-0.05, 0) is 32.4 Å². The van der Waals surface area contributed by atoms with Crippen molar-refractivity contribution >= 4 is 0 Å². The van der Waals surface area contributed by atoms with Gasteiger partial charge < -0.3 is 10.5 Å². The van der Waals surface area contributed by atoms with Crippen LogP contribution in [0.15, 0.2) is 0 Å². The quantitative estimate of drug-likeness (QED) is 0.671. The number of nitrogens with zero attached hydrogens (tertiary/aromatic N) is 1. The molecule has 1 fully saturated rings. The maximum Gasteiger partial charge on any atom is 0.411 e. The minimum absolute atomic E-state index is 0.139. The summed E-state index contributed by atoms with van der Waals surface area (Å²) in [7, 11) is 0. The smallest absolute Gasteiger partial charge is 0.371 e. The molecule has 0 spiro atoms. The fourth-order valence-corrected chi connectivity index (χ4v) is 1.89. The van der Waals surface area contributed by atoms with Crippen LogP contribution in [0.3, 0.4) is 0 Å². The molecule has 0 atom stereocenters. The summed E-state index contributed by atoms with van der Waals surface area (Å²) in [6, 6.07) is 0.524. The van der Waals surface area contributed by atoms with Crippen LogP contribution in [0.5, 0.6) is 0 Å². The fraction of sp³-hybridized carbons (Fsp3) is 1.00. The van der Waals surface area contributed by atoms with Crippen LogP contribution in [0, 0.1) is 0 Å². The van der Waals surface area contributed by atoms with Gasteiger partial charge in [0.15, 0.2) is 0 Å². The van der Waals surface area contributed by atoms with E-state index < -0.39 is 12.8 Å². The van der Waals surface area contributed by atoms with Crippen molar-refractivity contribution in [2.75, 3.05) is 32.8 Å². The van der Waals surface area contributed by atoms with Gasteiger partial charge in [-0.25, -0.2) is 0 Å². The van der Waals surface area contributed by atoms with Gasteiger partial charge in [-0.3, -0.25) is 4.90 Å². The minimum atomic E-state index is -4.22. The Morgan fingerprint density at radius 2 is 1.94 bits per heavy atom. The van der Waals surface area contributed by atoms with Crippen LogP contribution in [-0.4, -0.2) is 50.0 Å². The highest BCUT2D eigenvalue weighted by Gasteiger charge is 2.28. The second-order valence-corrected chi connectivity index (χ2v) is 4.43. The van der Waals surface area contributed by atoms with Crippen LogP contribution in [0.1, 0.15) is 25.7 Å². The molecule has 17 heavy (non-hydrogen) atoms. The van der Waals surface area contributed by atoms with Crippen molar-refractivity contribution in [1.82, 2.24) is 4.90 Å². The lowest BCUT2D eigenvalue weighted by molar-refractivity contribution is -0.175. The highest BCUT2D eigenvalue weighted by Crippen LogP contribution is 2.24. The maximum absolute atomic E-state index is 11.9. The number of hydrogen-bond donors (Lipinski definition) is 1. The molecule has 0 unspecified atom stereocenters. The summed E-state index contributed by atoms with van der Waals surface area (Å²) in [6.07, 6.45) is 0.162. The molecule has 0 radical (unpaired) electrons. The molecule has 2 N–H and O–H groups in total. The Morgan fingerprint density at radius 1 is 1.24 bits per heavy atom. The van der Waals surface area contributed by atoms with Gasteiger partial charge in [0.2, 0.25) is 0 Å². The van der Waals surface area contributed by atoms with Crippen LogP contribution in [0.2, 0.25) is 0 Å². The highest BCUT2D eigenvalue weighted by atomic mass is 19.4. The van der Waals surface area contributed by atoms with E-state index in [-0.39, 0.29) is 6.61 Å². The van der Waals surface area contributed by atoms with Crippen LogP contribution in [0.4, 0.5) is 13.2 Å². The van der Waals surface area contributed by atoms with Crippen LogP contribution < -0.4 is 5.73 Å². The molecule has 0 bridgehead atoms. The third-order valence-electron chi connectivity index (χ3n) is 3.03. The van der Waals surface area contributed by atoms with Crippen molar-refractivity contribution < 1.29 is 17.9 Å². The summed E-state index contributed by atoms with van der Waals surface area (Å²) < 4.78 is 40.2. The molecule has 1 saturated carbocycles. The summed E-state index contributed by atoms with van der Waals surface area (Å²) in [5.74, 6) is 0. The predicted octanol–water partition coefficient (Wildman–Crippen LogP) is 1.77. The molecule has 0 amide bonds. The first-order valence-electron chi connectivity index (χ1n) is 6.11. The molecule has 0 saturated heterocycles. The SMILES string of the molecule is NCCCN(CCOCC(F)(F)F)C1CCC1. The van der Waals surface area contributed by atoms with E-state index in [1.807, 2.05) is 0 Å². The summed E-state index contributed by atoms with van der Waals surface area (Å²) in [4.78, 5) is 2.20. The molecule has 0 aromatic heterocycles. The van der Waals surface area contributed by atoms with Gasteiger partial charge in [0.05, 0.1) is 6.61 Å². The van der Waals surface area contributed by atoms with E-state index in [1.54, 1.807) is 0 Å². The predicted molar refractivity (Wildman–Crippen MR) is 59.8 cm³/mol. The zero-order valence-corrected chi connectivity index (χ0v) is 10.0. The lowest BCUT2D eigenvalue weighted by Gasteiger charge is -2.37. The van der Waals surface area contributed by atoms with Gasteiger partial charge in [0.1, 0.15) is 6.61 Å². The fourth-order valence-electron chi connectivity index (χ4n) is 1.89. The first-order chi connectivity index (χ1) is 8.03. The molecular formula is C11H21F3N2O. The topological polar surface area (TPSA) is 38.5 Å². The average molecular weight is 254 g/mol. The third kappa shape index (κ3) is 6.24. The van der Waals surface area contributed by atoms with E-state index in [0.29, 0.717) is 19.1 Å². The maximum atomic E-state index is 11.9. The molecule has 1 aliphatic carbocycles. The van der Waals surface area contributed by atoms with Crippen molar-refractivity contribution in [3.8, 4) is 0 Å². The van der Waals surface area contributed by atoms with E-state index in [9.17, 15) is 13.2 Å². The normalized spacial score (nSPS) is 17.5. The molecule has 0 aromatic carbocycles. The summed E-state index contributed by atoms with van der Waals surface area (Å²) in [5, 5.41) is 0. The molecule has 0 heterocycles. The average Bonchev–Trinajstić information content (AvgIpc) is 2.16. The van der Waals surface area contributed by atoms with E-state index in [2.05, 4.69) is 9.64 Å². The number of hydrogen-bond acceptors (Lipinski definition) is 3. The molecule has 1 aliphatic rings. The van der Waals surface area contributed by atoms with E-state index in [4.69, 9.17) is 5.73 Å². The van der Waals surface area contributed by atoms with Gasteiger partial charge in [-0.1, -0.05) is 6.42 Å². The summed E-state index contributed by atoms with van der Waals surface area (Å²) in [5.41, 5.74) is 5.44. The van der Waals surface area contributed by atoms with E-state index in [0.717, 1.165) is 25.8 Å². The monoisotopic (exact) mass is 254 g/mol. The lowest BCUT2D eigenvalue weighted by Crippen LogP contribution is -2.43. The molecule has 0 aromatic rings. The Balaban J connectivity index is 2.14. The molecule has 1 rings (SSSR count). The van der Waals surface area contributed by atoms with Gasteiger partial charge >= 0.3 is 6.18 Å². The minimum Gasteiger partial charge on any atom is -0.371 e. The Labute approximate surface area is 100 Å². The molecular weight excluding hydrogens is 233 g/mol. The van der Waals surface area contributed by atoms with Crippen LogP contribution in [-0.2, 0) is 4.74 Å². The zero-order chi connectivity index (χ0) is 12.7. The molecule has 0 aliphatic heterocycles. The largest absolute Gasteiger partial charge is 0.411 e. The van der Waals surface area contributed by atoms with Crippen LogP contribution >= 0.6 is 0 Å². The number of ether oxygens (including phenoxy) is 1. The standard InChI is InChI=1S/C11H21F3N2O/c12-11(13,14)9-17-8-7-16(6-2-5-15)10-3-1-4-10/h10H,1-9,15H2. The van der Waals surface area contributed by atoms with Gasteiger partial charge in [-0.15, -0.1) is 0 Å². The second-order valence-electron chi connectivity index (χ2n) is 4.43. The lowest BCUT2D eigenvalue weighted by atomic mass is 9.91.